The molecular formula is C47H45N9O4. The summed E-state index contributed by atoms with van der Waals surface area (Å²) in [6.07, 6.45) is 5.72. The predicted octanol–water partition coefficient (Wildman–Crippen LogP) is 7.71. The second-order valence-electron chi connectivity index (χ2n) is 15.6. The molecule has 13 heteroatoms. The van der Waals surface area contributed by atoms with Gasteiger partial charge in [-0.3, -0.25) is 14.4 Å². The largest absolute Gasteiger partial charge is 0.497 e. The third-order valence-corrected chi connectivity index (χ3v) is 11.8. The van der Waals surface area contributed by atoms with Crippen molar-refractivity contribution < 1.29 is 19.1 Å². The number of nitrogens with zero attached hydrogens (tertiary/aromatic N) is 8. The topological polar surface area (TPSA) is 140 Å². The van der Waals surface area contributed by atoms with E-state index >= 15 is 0 Å². The highest BCUT2D eigenvalue weighted by molar-refractivity contribution is 6.08. The zero-order valence-electron chi connectivity index (χ0n) is 33.7. The van der Waals surface area contributed by atoms with Gasteiger partial charge >= 0.3 is 0 Å². The number of ether oxygens (including phenoxy) is 1. The summed E-state index contributed by atoms with van der Waals surface area (Å²) in [5.41, 5.74) is 8.06. The van der Waals surface area contributed by atoms with Gasteiger partial charge in [0.2, 0.25) is 0 Å². The molecule has 2 aliphatic heterocycles. The fourth-order valence-electron chi connectivity index (χ4n) is 8.72. The van der Waals surface area contributed by atoms with Crippen LogP contribution in [-0.4, -0.2) is 83.9 Å². The van der Waals surface area contributed by atoms with Gasteiger partial charge in [-0.05, 0) is 92.8 Å². The number of likely N-dealkylation sites (tertiary alicyclic amines) is 2. The molecule has 3 amide bonds. The first kappa shape index (κ1) is 38.4. The van der Waals surface area contributed by atoms with Crippen LogP contribution in [0.3, 0.4) is 0 Å². The third kappa shape index (κ3) is 7.49. The molecule has 3 aromatic heterocycles. The third-order valence-electron chi connectivity index (χ3n) is 11.8. The van der Waals surface area contributed by atoms with E-state index in [1.54, 1.807) is 35.9 Å². The summed E-state index contributed by atoms with van der Waals surface area (Å²) in [6.45, 7) is 5.52. The molecule has 0 saturated carbocycles. The Morgan fingerprint density at radius 2 is 1.50 bits per heavy atom. The van der Waals surface area contributed by atoms with Crippen LogP contribution < -0.4 is 10.1 Å². The predicted molar refractivity (Wildman–Crippen MR) is 227 cm³/mol. The van der Waals surface area contributed by atoms with Gasteiger partial charge in [-0.1, -0.05) is 65.9 Å². The molecular weight excluding hydrogens is 755 g/mol. The lowest BCUT2D eigenvalue weighted by molar-refractivity contribution is 0.0689. The quantitative estimate of drug-likeness (QED) is 0.157. The van der Waals surface area contributed by atoms with E-state index < -0.39 is 0 Å². The van der Waals surface area contributed by atoms with Crippen molar-refractivity contribution in [1.82, 2.24) is 39.4 Å². The summed E-state index contributed by atoms with van der Waals surface area (Å²) >= 11 is 0. The van der Waals surface area contributed by atoms with E-state index in [-0.39, 0.29) is 35.7 Å². The number of fused-ring (bicyclic) bond motifs is 1. The highest BCUT2D eigenvalue weighted by Gasteiger charge is 2.39. The van der Waals surface area contributed by atoms with Gasteiger partial charge in [-0.15, -0.1) is 5.10 Å². The van der Waals surface area contributed by atoms with Crippen LogP contribution in [-0.2, 0) is 0 Å². The number of hydrogen-bond acceptors (Lipinski definition) is 8. The molecule has 4 aromatic carbocycles. The fourth-order valence-corrected chi connectivity index (χ4v) is 8.72. The molecule has 0 aliphatic carbocycles. The van der Waals surface area contributed by atoms with Gasteiger partial charge in [0.1, 0.15) is 17.0 Å². The summed E-state index contributed by atoms with van der Waals surface area (Å²) in [7, 11) is 1.65. The Bertz CT molecular complexity index is 2700. The summed E-state index contributed by atoms with van der Waals surface area (Å²) in [6, 6.07) is 34.7. The number of carbonyl (C=O) groups is 3. The van der Waals surface area contributed by atoms with E-state index in [4.69, 9.17) is 4.74 Å². The maximum atomic E-state index is 14.3. The van der Waals surface area contributed by atoms with Crippen molar-refractivity contribution in [2.75, 3.05) is 32.1 Å². The molecule has 2 unspecified atom stereocenters. The monoisotopic (exact) mass is 799 g/mol. The van der Waals surface area contributed by atoms with Crippen LogP contribution in [0, 0.1) is 13.8 Å². The minimum absolute atomic E-state index is 0.0785. The average molecular weight is 800 g/mol. The van der Waals surface area contributed by atoms with Gasteiger partial charge in [0, 0.05) is 59.3 Å². The SMILES string of the molecule is COc1cccc(C2C(c3ccccc3)CCN2C(=O)c2cccc(C(=O)N3CCC(n4cc(-c5ccc(NC(=O)c6cnn7c(C)cc(C)nc67)cc5)nn4)CC3)c2)c1. The van der Waals surface area contributed by atoms with Gasteiger partial charge in [-0.25, -0.2) is 14.2 Å². The smallest absolute Gasteiger partial charge is 0.261 e. The molecule has 2 saturated heterocycles. The van der Waals surface area contributed by atoms with Gasteiger partial charge in [0.25, 0.3) is 17.7 Å². The minimum Gasteiger partial charge on any atom is -0.497 e. The van der Waals surface area contributed by atoms with E-state index in [0.29, 0.717) is 66.2 Å². The van der Waals surface area contributed by atoms with E-state index in [0.717, 1.165) is 34.7 Å². The molecule has 60 heavy (non-hydrogen) atoms. The fraction of sp³-hybridized carbons (Fsp3) is 0.255. The number of hydrogen-bond donors (Lipinski definition) is 1. The van der Waals surface area contributed by atoms with Crippen LogP contribution >= 0.6 is 0 Å². The Balaban J connectivity index is 0.832. The Kier molecular flexibility index (Phi) is 10.4. The molecule has 5 heterocycles. The number of amides is 3. The van der Waals surface area contributed by atoms with E-state index in [1.807, 2.05) is 101 Å². The maximum Gasteiger partial charge on any atom is 0.261 e. The first-order chi connectivity index (χ1) is 29.2. The van der Waals surface area contributed by atoms with E-state index in [2.05, 4.69) is 43.9 Å². The number of aromatic nitrogens is 6. The lowest BCUT2D eigenvalue weighted by atomic mass is 9.87. The standard InChI is InChI=1S/C47H45N9O4/c1-30-25-31(2)56-44(49-30)41(28-48-56)45(57)50-37-17-15-33(16-18-37)42-29-55(52-51-42)38-19-22-53(23-20-38)46(58)35-12-7-13-36(26-35)47(59)54-24-21-40(32-9-5-4-6-10-32)43(54)34-11-8-14-39(27-34)60-3/h4-18,25-29,38,40,43H,19-24H2,1-3H3,(H,50,57). The average Bonchev–Trinajstić information content (AvgIpc) is 4.06. The van der Waals surface area contributed by atoms with Crippen molar-refractivity contribution in [3.63, 3.8) is 0 Å². The molecule has 2 atom stereocenters. The summed E-state index contributed by atoms with van der Waals surface area (Å²) in [4.78, 5) is 49.6. The summed E-state index contributed by atoms with van der Waals surface area (Å²) in [5.74, 6) is 0.396. The van der Waals surface area contributed by atoms with Crippen molar-refractivity contribution in [2.45, 2.75) is 51.1 Å². The van der Waals surface area contributed by atoms with Crippen LogP contribution in [0.4, 0.5) is 5.69 Å². The molecule has 9 rings (SSSR count). The number of carbonyl (C=O) groups excluding carboxylic acids is 3. The first-order valence-electron chi connectivity index (χ1n) is 20.3. The molecule has 1 N–H and O–H groups in total. The lowest BCUT2D eigenvalue weighted by Crippen LogP contribution is -2.39. The highest BCUT2D eigenvalue weighted by atomic mass is 16.5. The number of nitrogens with one attached hydrogen (secondary N) is 1. The van der Waals surface area contributed by atoms with E-state index in [9.17, 15) is 14.4 Å². The first-order valence-corrected chi connectivity index (χ1v) is 20.3. The number of rotatable bonds is 9. The molecule has 13 nitrogen and oxygen atoms in total. The lowest BCUT2D eigenvalue weighted by Gasteiger charge is -2.32. The van der Waals surface area contributed by atoms with Gasteiger partial charge in [0.05, 0.1) is 31.6 Å². The van der Waals surface area contributed by atoms with Crippen LogP contribution in [0.25, 0.3) is 16.9 Å². The number of anilines is 1. The normalized spacial score (nSPS) is 16.9. The van der Waals surface area contributed by atoms with Crippen LogP contribution in [0.15, 0.2) is 122 Å². The highest BCUT2D eigenvalue weighted by Crippen LogP contribution is 2.45. The Morgan fingerprint density at radius 3 is 2.27 bits per heavy atom. The van der Waals surface area contributed by atoms with Crippen LogP contribution in [0.5, 0.6) is 5.75 Å². The van der Waals surface area contributed by atoms with Crippen molar-refractivity contribution in [1.29, 1.82) is 0 Å². The molecule has 2 aliphatic rings. The number of piperidine rings is 1. The Morgan fingerprint density at radius 1 is 0.767 bits per heavy atom. The Hall–Kier alpha value is -7.15. The molecule has 0 radical (unpaired) electrons. The number of benzene rings is 4. The van der Waals surface area contributed by atoms with Crippen molar-refractivity contribution in [3.8, 4) is 17.0 Å². The molecule has 0 spiro atoms. The zero-order chi connectivity index (χ0) is 41.3. The molecule has 302 valence electrons. The number of methoxy groups -OCH3 is 1. The zero-order valence-corrected chi connectivity index (χ0v) is 33.7. The second kappa shape index (κ2) is 16.2. The van der Waals surface area contributed by atoms with Crippen LogP contribution in [0.1, 0.15) is 90.9 Å². The summed E-state index contributed by atoms with van der Waals surface area (Å²) < 4.78 is 9.10. The second-order valence-corrected chi connectivity index (χ2v) is 15.6. The van der Waals surface area contributed by atoms with Crippen molar-refractivity contribution in [2.24, 2.45) is 0 Å². The van der Waals surface area contributed by atoms with Gasteiger partial charge in [0.15, 0.2) is 5.65 Å². The summed E-state index contributed by atoms with van der Waals surface area (Å²) in [5, 5.41) is 16.2. The van der Waals surface area contributed by atoms with Crippen LogP contribution in [0.2, 0.25) is 0 Å². The molecule has 7 aromatic rings. The van der Waals surface area contributed by atoms with Crippen molar-refractivity contribution >= 4 is 29.1 Å². The van der Waals surface area contributed by atoms with Gasteiger partial charge in [-0.2, -0.15) is 5.10 Å². The Labute approximate surface area is 347 Å². The maximum absolute atomic E-state index is 14.3. The minimum atomic E-state index is -0.287. The molecule has 2 fully saturated rings. The molecule has 0 bridgehead atoms. The van der Waals surface area contributed by atoms with Gasteiger partial charge < -0.3 is 19.9 Å². The number of aryl methyl sites for hydroxylation is 2. The van der Waals surface area contributed by atoms with E-state index in [1.165, 1.54) is 11.8 Å². The van der Waals surface area contributed by atoms with Crippen molar-refractivity contribution in [3.05, 3.63) is 161 Å².